The Balaban J connectivity index is 2.14. The zero-order valence-electron chi connectivity index (χ0n) is 11.5. The van der Waals surface area contributed by atoms with E-state index < -0.39 is 6.10 Å². The van der Waals surface area contributed by atoms with Crippen molar-refractivity contribution < 1.29 is 9.84 Å². The fourth-order valence-electron chi connectivity index (χ4n) is 2.44. The van der Waals surface area contributed by atoms with Crippen molar-refractivity contribution in [3.05, 3.63) is 16.9 Å². The summed E-state index contributed by atoms with van der Waals surface area (Å²) < 4.78 is 7.47. The molecule has 0 aromatic carbocycles. The van der Waals surface area contributed by atoms with E-state index in [1.54, 1.807) is 10.9 Å². The Hall–Kier alpha value is -0.620. The summed E-state index contributed by atoms with van der Waals surface area (Å²) in [5.74, 6) is 0. The number of likely N-dealkylation sites (N-methyl/N-ethyl adjacent to an activating group) is 1. The molecule has 0 amide bonds. The average Bonchev–Trinajstić information content (AvgIpc) is 2.79. The molecule has 19 heavy (non-hydrogen) atoms. The second-order valence-corrected chi connectivity index (χ2v) is 5.26. The Labute approximate surface area is 119 Å². The van der Waals surface area contributed by atoms with Gasteiger partial charge in [0, 0.05) is 19.6 Å². The number of aliphatic hydroxyl groups is 1. The Bertz CT molecular complexity index is 411. The number of aromatic nitrogens is 2. The van der Waals surface area contributed by atoms with Gasteiger partial charge in [-0.2, -0.15) is 5.10 Å². The second-order valence-electron chi connectivity index (χ2n) is 4.85. The molecule has 0 aliphatic carbocycles. The molecule has 0 spiro atoms. The molecule has 1 aliphatic heterocycles. The predicted octanol–water partition coefficient (Wildman–Crippen LogP) is 1.70. The first-order valence-electron chi connectivity index (χ1n) is 6.90. The van der Waals surface area contributed by atoms with Gasteiger partial charge < -0.3 is 9.84 Å². The third-order valence-electron chi connectivity index (χ3n) is 3.53. The van der Waals surface area contributed by atoms with E-state index in [9.17, 15) is 5.11 Å². The Morgan fingerprint density at radius 3 is 3.05 bits per heavy atom. The highest BCUT2D eigenvalue weighted by Crippen LogP contribution is 2.28. The molecule has 1 aliphatic rings. The number of rotatable bonds is 5. The molecular weight excluding hydrogens is 266 g/mol. The molecule has 1 fully saturated rings. The van der Waals surface area contributed by atoms with Gasteiger partial charge in [0.2, 0.25) is 0 Å². The highest BCUT2D eigenvalue weighted by atomic mass is 35.5. The zero-order chi connectivity index (χ0) is 13.8. The highest BCUT2D eigenvalue weighted by Gasteiger charge is 2.31. The van der Waals surface area contributed by atoms with E-state index >= 15 is 0 Å². The number of hydrogen-bond donors (Lipinski definition) is 1. The summed E-state index contributed by atoms with van der Waals surface area (Å²) in [6, 6.07) is 0. The average molecular weight is 288 g/mol. The van der Waals surface area contributed by atoms with E-state index in [2.05, 4.69) is 23.8 Å². The summed E-state index contributed by atoms with van der Waals surface area (Å²) in [4.78, 5) is 2.27. The molecule has 1 aromatic heterocycles. The van der Waals surface area contributed by atoms with E-state index in [-0.39, 0.29) is 6.10 Å². The molecule has 5 nitrogen and oxygen atoms in total. The van der Waals surface area contributed by atoms with Crippen LogP contribution < -0.4 is 0 Å². The summed E-state index contributed by atoms with van der Waals surface area (Å²) in [5, 5.41) is 15.3. The first-order valence-corrected chi connectivity index (χ1v) is 7.28. The summed E-state index contributed by atoms with van der Waals surface area (Å²) in [6.07, 6.45) is 1.58. The minimum atomic E-state index is -0.726. The number of halogens is 1. The first-order chi connectivity index (χ1) is 9.17. The minimum Gasteiger partial charge on any atom is -0.384 e. The van der Waals surface area contributed by atoms with Crippen LogP contribution in [-0.2, 0) is 11.3 Å². The predicted molar refractivity (Wildman–Crippen MR) is 74.3 cm³/mol. The van der Waals surface area contributed by atoms with Gasteiger partial charge in [-0.05, 0) is 13.0 Å². The number of morpholine rings is 1. The van der Waals surface area contributed by atoms with E-state index in [1.807, 2.05) is 0 Å². The molecule has 2 unspecified atom stereocenters. The van der Waals surface area contributed by atoms with Crippen LogP contribution in [0.25, 0.3) is 0 Å². The number of hydrogen-bond acceptors (Lipinski definition) is 4. The van der Waals surface area contributed by atoms with Crippen molar-refractivity contribution in [3.63, 3.8) is 0 Å². The fraction of sp³-hybridized carbons (Fsp3) is 0.769. The molecular formula is C13H22ClN3O2. The topological polar surface area (TPSA) is 50.5 Å². The van der Waals surface area contributed by atoms with Crippen LogP contribution in [0.5, 0.6) is 0 Å². The van der Waals surface area contributed by atoms with Crippen molar-refractivity contribution in [2.24, 2.45) is 0 Å². The fourth-order valence-corrected chi connectivity index (χ4v) is 2.69. The van der Waals surface area contributed by atoms with Crippen LogP contribution in [0.2, 0.25) is 5.02 Å². The lowest BCUT2D eigenvalue weighted by molar-refractivity contribution is -0.0911. The van der Waals surface area contributed by atoms with Gasteiger partial charge in [-0.1, -0.05) is 25.4 Å². The molecule has 1 saturated heterocycles. The highest BCUT2D eigenvalue weighted by molar-refractivity contribution is 6.31. The third-order valence-corrected chi connectivity index (χ3v) is 3.82. The monoisotopic (exact) mass is 287 g/mol. The van der Waals surface area contributed by atoms with Crippen LogP contribution in [0.1, 0.15) is 32.1 Å². The van der Waals surface area contributed by atoms with Gasteiger partial charge in [0.05, 0.1) is 23.5 Å². The second kappa shape index (κ2) is 6.70. The molecule has 0 radical (unpaired) electrons. The summed E-state index contributed by atoms with van der Waals surface area (Å²) in [6.45, 7) is 8.20. The van der Waals surface area contributed by atoms with Gasteiger partial charge in [0.15, 0.2) is 0 Å². The number of nitrogens with zero attached hydrogens (tertiary/aromatic N) is 3. The van der Waals surface area contributed by atoms with Crippen LogP contribution in [-0.4, -0.2) is 52.1 Å². The van der Waals surface area contributed by atoms with Crippen molar-refractivity contribution >= 4 is 11.6 Å². The van der Waals surface area contributed by atoms with E-state index in [0.29, 0.717) is 17.3 Å². The summed E-state index contributed by atoms with van der Waals surface area (Å²) in [5.41, 5.74) is 0.673. The largest absolute Gasteiger partial charge is 0.384 e. The van der Waals surface area contributed by atoms with Crippen LogP contribution in [0.15, 0.2) is 6.20 Å². The lowest BCUT2D eigenvalue weighted by Gasteiger charge is -2.34. The number of ether oxygens (including phenoxy) is 1. The normalized spacial score (nSPS) is 22.6. The minimum absolute atomic E-state index is 0.237. The maximum Gasteiger partial charge on any atom is 0.124 e. The quantitative estimate of drug-likeness (QED) is 0.896. The lowest BCUT2D eigenvalue weighted by Crippen LogP contribution is -2.45. The molecule has 1 aromatic rings. The molecule has 0 saturated carbocycles. The van der Waals surface area contributed by atoms with E-state index in [1.165, 1.54) is 0 Å². The molecule has 2 rings (SSSR count). The number of aliphatic hydroxyl groups excluding tert-OH is 1. The van der Waals surface area contributed by atoms with E-state index in [4.69, 9.17) is 16.3 Å². The first kappa shape index (κ1) is 14.8. The van der Waals surface area contributed by atoms with Crippen LogP contribution in [0.3, 0.4) is 0 Å². The Morgan fingerprint density at radius 1 is 1.58 bits per heavy atom. The summed E-state index contributed by atoms with van der Waals surface area (Å²) in [7, 11) is 0. The standard InChI is InChI=1S/C13H22ClN3O2/c1-3-5-17-12(10(14)8-15-17)13(18)11-9-16(4-2)6-7-19-11/h8,11,13,18H,3-7,9H2,1-2H3. The van der Waals surface area contributed by atoms with Gasteiger partial charge in [-0.3, -0.25) is 9.58 Å². The Kier molecular flexibility index (Phi) is 5.21. The van der Waals surface area contributed by atoms with Gasteiger partial charge in [0.1, 0.15) is 12.2 Å². The van der Waals surface area contributed by atoms with Crippen LogP contribution >= 0.6 is 11.6 Å². The summed E-state index contributed by atoms with van der Waals surface area (Å²) >= 11 is 6.15. The lowest BCUT2D eigenvalue weighted by atomic mass is 10.1. The molecule has 6 heteroatoms. The van der Waals surface area contributed by atoms with Crippen molar-refractivity contribution in [2.75, 3.05) is 26.2 Å². The van der Waals surface area contributed by atoms with Crippen molar-refractivity contribution in [1.29, 1.82) is 0 Å². The van der Waals surface area contributed by atoms with Gasteiger partial charge in [0.25, 0.3) is 0 Å². The smallest absolute Gasteiger partial charge is 0.124 e. The molecule has 0 bridgehead atoms. The maximum atomic E-state index is 10.5. The zero-order valence-corrected chi connectivity index (χ0v) is 12.3. The SMILES string of the molecule is CCCn1ncc(Cl)c1C(O)C1CN(CC)CCO1. The molecule has 2 atom stereocenters. The van der Waals surface area contributed by atoms with Crippen LogP contribution in [0.4, 0.5) is 0 Å². The van der Waals surface area contributed by atoms with Gasteiger partial charge >= 0.3 is 0 Å². The third kappa shape index (κ3) is 3.28. The van der Waals surface area contributed by atoms with Crippen molar-refractivity contribution in [2.45, 2.75) is 39.0 Å². The maximum absolute atomic E-state index is 10.5. The molecule has 2 heterocycles. The van der Waals surface area contributed by atoms with Crippen molar-refractivity contribution in [3.8, 4) is 0 Å². The van der Waals surface area contributed by atoms with Crippen molar-refractivity contribution in [1.82, 2.24) is 14.7 Å². The van der Waals surface area contributed by atoms with E-state index in [0.717, 1.165) is 32.6 Å². The molecule has 1 N–H and O–H groups in total. The number of aryl methyl sites for hydroxylation is 1. The van der Waals surface area contributed by atoms with Crippen LogP contribution in [0, 0.1) is 0 Å². The molecule has 108 valence electrons. The van der Waals surface area contributed by atoms with Gasteiger partial charge in [-0.15, -0.1) is 0 Å². The van der Waals surface area contributed by atoms with Gasteiger partial charge in [-0.25, -0.2) is 0 Å². The Morgan fingerprint density at radius 2 is 2.37 bits per heavy atom.